The average Bonchev–Trinajstić information content (AvgIpc) is 2.74. The highest BCUT2D eigenvalue weighted by molar-refractivity contribution is 7.92. The highest BCUT2D eigenvalue weighted by Crippen LogP contribution is 2.20. The molecule has 0 radical (unpaired) electrons. The molecule has 2 amide bonds. The summed E-state index contributed by atoms with van der Waals surface area (Å²) >= 11 is 0. The van der Waals surface area contributed by atoms with Crippen molar-refractivity contribution in [1.29, 1.82) is 0 Å². The second-order valence-corrected chi connectivity index (χ2v) is 8.82. The number of likely N-dealkylation sites (N-methyl/N-ethyl adjacent to an activating group) is 1. The van der Waals surface area contributed by atoms with Gasteiger partial charge in [-0.15, -0.1) is 0 Å². The molecular weight excluding hydrogens is 425 g/mol. The smallest absolute Gasteiger partial charge is 0.244 e. The van der Waals surface area contributed by atoms with Crippen molar-refractivity contribution in [2.24, 2.45) is 0 Å². The van der Waals surface area contributed by atoms with E-state index in [1.54, 1.807) is 31.2 Å². The van der Waals surface area contributed by atoms with E-state index in [-0.39, 0.29) is 12.2 Å². The number of carbonyl (C=O) groups is 2. The molecule has 1 atom stereocenters. The maximum Gasteiger partial charge on any atom is 0.244 e. The van der Waals surface area contributed by atoms with Gasteiger partial charge in [-0.25, -0.2) is 12.8 Å². The summed E-state index contributed by atoms with van der Waals surface area (Å²) in [6.45, 7) is 1.03. The Labute approximate surface area is 181 Å². The molecule has 0 saturated carbocycles. The molecule has 1 unspecified atom stereocenters. The van der Waals surface area contributed by atoms with Gasteiger partial charge in [-0.05, 0) is 42.8 Å². The van der Waals surface area contributed by atoms with Crippen molar-refractivity contribution in [3.8, 4) is 5.75 Å². The summed E-state index contributed by atoms with van der Waals surface area (Å²) in [6.07, 6.45) is 0.932. The number of halogens is 1. The predicted molar refractivity (Wildman–Crippen MR) is 116 cm³/mol. The van der Waals surface area contributed by atoms with Crippen LogP contribution in [-0.2, 0) is 26.2 Å². The number of amides is 2. The van der Waals surface area contributed by atoms with E-state index < -0.39 is 40.2 Å². The van der Waals surface area contributed by atoms with E-state index in [4.69, 9.17) is 4.74 Å². The highest BCUT2D eigenvalue weighted by Gasteiger charge is 2.29. The van der Waals surface area contributed by atoms with E-state index >= 15 is 0 Å². The molecule has 0 aliphatic heterocycles. The minimum Gasteiger partial charge on any atom is -0.497 e. The zero-order valence-corrected chi connectivity index (χ0v) is 18.6. The summed E-state index contributed by atoms with van der Waals surface area (Å²) in [4.78, 5) is 26.7. The van der Waals surface area contributed by atoms with Crippen molar-refractivity contribution >= 4 is 27.5 Å². The molecule has 1 N–H and O–H groups in total. The summed E-state index contributed by atoms with van der Waals surface area (Å²) in [5.41, 5.74) is 0.745. The van der Waals surface area contributed by atoms with Gasteiger partial charge < -0.3 is 15.0 Å². The third-order valence-electron chi connectivity index (χ3n) is 4.70. The van der Waals surface area contributed by atoms with Crippen LogP contribution in [0.3, 0.4) is 0 Å². The molecule has 2 aromatic carbocycles. The second-order valence-electron chi connectivity index (χ2n) is 6.91. The maximum atomic E-state index is 13.7. The first-order valence-electron chi connectivity index (χ1n) is 9.44. The monoisotopic (exact) mass is 451 g/mol. The average molecular weight is 452 g/mol. The SMILES string of the molecule is CNC(=O)C(C)N(Cc1ccc(OC)cc1)C(=O)CN(c1cccc(F)c1)S(C)(=O)=O. The first-order valence-corrected chi connectivity index (χ1v) is 11.3. The number of benzene rings is 2. The van der Waals surface area contributed by atoms with Crippen LogP contribution in [0.25, 0.3) is 0 Å². The van der Waals surface area contributed by atoms with Gasteiger partial charge in [0.25, 0.3) is 0 Å². The normalized spacial score (nSPS) is 12.0. The van der Waals surface area contributed by atoms with Crippen LogP contribution in [0.1, 0.15) is 12.5 Å². The van der Waals surface area contributed by atoms with Crippen LogP contribution in [0.5, 0.6) is 5.75 Å². The number of nitrogens with zero attached hydrogens (tertiary/aromatic N) is 2. The Balaban J connectivity index is 2.36. The Kier molecular flexibility index (Phi) is 7.98. The van der Waals surface area contributed by atoms with Crippen LogP contribution in [0.4, 0.5) is 10.1 Å². The highest BCUT2D eigenvalue weighted by atomic mass is 32.2. The van der Waals surface area contributed by atoms with E-state index in [0.29, 0.717) is 5.75 Å². The van der Waals surface area contributed by atoms with Gasteiger partial charge in [-0.2, -0.15) is 0 Å². The standard InChI is InChI=1S/C21H26FN3O5S/c1-15(21(27)23-2)24(13-16-8-10-19(30-3)11-9-16)20(26)14-25(31(4,28)29)18-7-5-6-17(22)12-18/h5-12,15H,13-14H2,1-4H3,(H,23,27). The summed E-state index contributed by atoms with van der Waals surface area (Å²) in [7, 11) is -0.913. The molecule has 10 heteroatoms. The Morgan fingerprint density at radius 3 is 2.32 bits per heavy atom. The molecule has 0 saturated heterocycles. The Bertz CT molecular complexity index is 1030. The van der Waals surface area contributed by atoms with Gasteiger partial charge in [-0.1, -0.05) is 18.2 Å². The largest absolute Gasteiger partial charge is 0.497 e. The minimum absolute atomic E-state index is 0.0212. The number of hydrogen-bond donors (Lipinski definition) is 1. The molecule has 2 rings (SSSR count). The molecule has 2 aromatic rings. The van der Waals surface area contributed by atoms with E-state index in [9.17, 15) is 22.4 Å². The first kappa shape index (κ1) is 24.1. The van der Waals surface area contributed by atoms with Crippen LogP contribution in [0, 0.1) is 5.82 Å². The number of rotatable bonds is 9. The molecule has 0 aliphatic rings. The number of anilines is 1. The van der Waals surface area contributed by atoms with Crippen molar-refractivity contribution in [3.63, 3.8) is 0 Å². The number of ether oxygens (including phenoxy) is 1. The van der Waals surface area contributed by atoms with Crippen molar-refractivity contribution < 1.29 is 27.1 Å². The van der Waals surface area contributed by atoms with Gasteiger partial charge in [0, 0.05) is 13.6 Å². The number of sulfonamides is 1. The first-order chi connectivity index (χ1) is 14.6. The molecule has 0 bridgehead atoms. The van der Waals surface area contributed by atoms with Crippen molar-refractivity contribution in [3.05, 3.63) is 59.9 Å². The molecule has 0 aromatic heterocycles. The maximum absolute atomic E-state index is 13.7. The van der Waals surface area contributed by atoms with Crippen LogP contribution < -0.4 is 14.4 Å². The molecule has 31 heavy (non-hydrogen) atoms. The van der Waals surface area contributed by atoms with Crippen LogP contribution in [0.2, 0.25) is 0 Å². The van der Waals surface area contributed by atoms with Crippen molar-refractivity contribution in [2.75, 3.05) is 31.3 Å². The van der Waals surface area contributed by atoms with Gasteiger partial charge in [0.2, 0.25) is 21.8 Å². The fourth-order valence-electron chi connectivity index (χ4n) is 2.96. The molecule has 168 valence electrons. The fourth-order valence-corrected chi connectivity index (χ4v) is 3.81. The van der Waals surface area contributed by atoms with Gasteiger partial charge in [0.1, 0.15) is 24.2 Å². The predicted octanol–water partition coefficient (Wildman–Crippen LogP) is 1.76. The van der Waals surface area contributed by atoms with Gasteiger partial charge >= 0.3 is 0 Å². The molecule has 8 nitrogen and oxygen atoms in total. The number of nitrogens with one attached hydrogen (secondary N) is 1. The van der Waals surface area contributed by atoms with Crippen LogP contribution in [-0.4, -0.2) is 58.1 Å². The Hall–Kier alpha value is -3.14. The zero-order chi connectivity index (χ0) is 23.2. The number of methoxy groups -OCH3 is 1. The lowest BCUT2D eigenvalue weighted by Gasteiger charge is -2.31. The quantitative estimate of drug-likeness (QED) is 0.627. The van der Waals surface area contributed by atoms with Crippen molar-refractivity contribution in [2.45, 2.75) is 19.5 Å². The van der Waals surface area contributed by atoms with Crippen molar-refractivity contribution in [1.82, 2.24) is 10.2 Å². The lowest BCUT2D eigenvalue weighted by atomic mass is 10.1. The summed E-state index contributed by atoms with van der Waals surface area (Å²) in [5.74, 6) is -1.01. The fraction of sp³-hybridized carbons (Fsp3) is 0.333. The van der Waals surface area contributed by atoms with Gasteiger partial charge in [0.05, 0.1) is 19.1 Å². The van der Waals surface area contributed by atoms with Gasteiger partial charge in [0.15, 0.2) is 0 Å². The topological polar surface area (TPSA) is 96.0 Å². The van der Waals surface area contributed by atoms with E-state index in [1.165, 1.54) is 37.3 Å². The molecule has 0 spiro atoms. The minimum atomic E-state index is -3.89. The Morgan fingerprint density at radius 1 is 1.16 bits per heavy atom. The number of hydrogen-bond acceptors (Lipinski definition) is 5. The second kappa shape index (κ2) is 10.3. The van der Waals surface area contributed by atoms with E-state index in [0.717, 1.165) is 22.2 Å². The molecule has 0 aliphatic carbocycles. The molecular formula is C21H26FN3O5S. The summed E-state index contributed by atoms with van der Waals surface area (Å²) < 4.78 is 44.3. The lowest BCUT2D eigenvalue weighted by Crippen LogP contribution is -2.50. The summed E-state index contributed by atoms with van der Waals surface area (Å²) in [6, 6.07) is 11.0. The molecule has 0 heterocycles. The molecule has 0 fully saturated rings. The third kappa shape index (κ3) is 6.42. The van der Waals surface area contributed by atoms with E-state index in [2.05, 4.69) is 5.32 Å². The van der Waals surface area contributed by atoms with Gasteiger partial charge in [-0.3, -0.25) is 13.9 Å². The van der Waals surface area contributed by atoms with E-state index in [1.807, 2.05) is 0 Å². The van der Waals surface area contributed by atoms with Crippen LogP contribution in [0.15, 0.2) is 48.5 Å². The lowest BCUT2D eigenvalue weighted by molar-refractivity contribution is -0.139. The third-order valence-corrected chi connectivity index (χ3v) is 5.84. The number of carbonyl (C=O) groups excluding carboxylic acids is 2. The zero-order valence-electron chi connectivity index (χ0n) is 17.8. The Morgan fingerprint density at radius 2 is 1.81 bits per heavy atom. The van der Waals surface area contributed by atoms with Crippen LogP contribution >= 0.6 is 0 Å². The summed E-state index contributed by atoms with van der Waals surface area (Å²) in [5, 5.41) is 2.49.